The molecule has 0 aliphatic heterocycles. The van der Waals surface area contributed by atoms with Gasteiger partial charge in [-0.2, -0.15) is 0 Å². The molecule has 0 bridgehead atoms. The van der Waals surface area contributed by atoms with E-state index in [9.17, 15) is 0 Å². The van der Waals surface area contributed by atoms with Gasteiger partial charge >= 0.3 is 0 Å². The van der Waals surface area contributed by atoms with Crippen LogP contribution in [0.15, 0.2) is 133 Å². The Kier molecular flexibility index (Phi) is 11.8. The molecule has 0 saturated heterocycles. The average molecular weight is 815 g/mol. The van der Waals surface area contributed by atoms with Crippen molar-refractivity contribution in [3.05, 3.63) is 178 Å². The number of benzene rings is 7. The summed E-state index contributed by atoms with van der Waals surface area (Å²) in [7, 11) is 0. The van der Waals surface area contributed by atoms with Crippen molar-refractivity contribution in [1.29, 1.82) is 0 Å². The standard InChI is InChI=1S/C62H70/c1-39-33-53(47-35-55(43-17-25-49(26-18-43)59(5,6)7)41(3)56(36-47)44-19-27-50(28-20-44)60(8,9)10)40(2)54(34-39)48-37-57(45-21-29-51(30-22-45)61(11,12)13)42(4)58(38-48)46-23-31-52(32-24-46)62(14,15)16/h17-38H,1-16H3. The van der Waals surface area contributed by atoms with Gasteiger partial charge < -0.3 is 0 Å². The zero-order valence-corrected chi connectivity index (χ0v) is 40.7. The fraction of sp³-hybridized carbons (Fsp3) is 0.323. The van der Waals surface area contributed by atoms with Crippen LogP contribution in [-0.2, 0) is 21.7 Å². The van der Waals surface area contributed by atoms with Crippen LogP contribution < -0.4 is 0 Å². The molecule has 7 rings (SSSR count). The van der Waals surface area contributed by atoms with Crippen LogP contribution in [0, 0.1) is 27.7 Å². The smallest absolute Gasteiger partial charge is 0.0132 e. The third-order valence-electron chi connectivity index (χ3n) is 13.2. The van der Waals surface area contributed by atoms with Gasteiger partial charge in [-0.25, -0.2) is 0 Å². The predicted molar refractivity (Wildman–Crippen MR) is 273 cm³/mol. The van der Waals surface area contributed by atoms with E-state index in [4.69, 9.17) is 0 Å². The van der Waals surface area contributed by atoms with Crippen LogP contribution in [0.3, 0.4) is 0 Å². The molecule has 0 unspecified atom stereocenters. The van der Waals surface area contributed by atoms with Crippen molar-refractivity contribution in [1.82, 2.24) is 0 Å². The van der Waals surface area contributed by atoms with Gasteiger partial charge in [-0.05, 0) is 185 Å². The minimum absolute atomic E-state index is 0.0892. The molecule has 318 valence electrons. The normalized spacial score (nSPS) is 12.5. The Hall–Kier alpha value is -5.46. The van der Waals surface area contributed by atoms with Gasteiger partial charge in [-0.15, -0.1) is 0 Å². The van der Waals surface area contributed by atoms with Gasteiger partial charge in [0, 0.05) is 0 Å². The van der Waals surface area contributed by atoms with E-state index >= 15 is 0 Å². The molecule has 0 heterocycles. The van der Waals surface area contributed by atoms with Gasteiger partial charge in [0.25, 0.3) is 0 Å². The van der Waals surface area contributed by atoms with E-state index in [0.717, 1.165) is 0 Å². The van der Waals surface area contributed by atoms with Crippen molar-refractivity contribution >= 4 is 0 Å². The van der Waals surface area contributed by atoms with Crippen LogP contribution in [0.5, 0.6) is 0 Å². The molecular weight excluding hydrogens is 745 g/mol. The highest BCUT2D eigenvalue weighted by Crippen LogP contribution is 2.44. The lowest BCUT2D eigenvalue weighted by molar-refractivity contribution is 0.590. The van der Waals surface area contributed by atoms with E-state index in [-0.39, 0.29) is 21.7 Å². The first-order valence-electron chi connectivity index (χ1n) is 22.7. The maximum Gasteiger partial charge on any atom is -0.0132 e. The van der Waals surface area contributed by atoms with Crippen molar-refractivity contribution < 1.29 is 0 Å². The first-order chi connectivity index (χ1) is 28.9. The van der Waals surface area contributed by atoms with Gasteiger partial charge in [-0.1, -0.05) is 192 Å². The Balaban J connectivity index is 1.45. The summed E-state index contributed by atoms with van der Waals surface area (Å²) < 4.78 is 0. The van der Waals surface area contributed by atoms with E-state index in [1.54, 1.807) is 0 Å². The summed E-state index contributed by atoms with van der Waals surface area (Å²) in [5, 5.41) is 0. The van der Waals surface area contributed by atoms with Crippen LogP contribution in [-0.4, -0.2) is 0 Å². The Morgan fingerprint density at radius 1 is 0.226 bits per heavy atom. The molecule has 0 radical (unpaired) electrons. The van der Waals surface area contributed by atoms with E-state index in [1.807, 2.05) is 0 Å². The number of rotatable bonds is 6. The first kappa shape index (κ1) is 44.6. The van der Waals surface area contributed by atoms with Crippen LogP contribution >= 0.6 is 0 Å². The van der Waals surface area contributed by atoms with Crippen LogP contribution in [0.4, 0.5) is 0 Å². The Morgan fingerprint density at radius 3 is 0.581 bits per heavy atom. The summed E-state index contributed by atoms with van der Waals surface area (Å²) in [5.74, 6) is 0. The largest absolute Gasteiger partial charge is 0.0579 e. The maximum atomic E-state index is 2.44. The van der Waals surface area contributed by atoms with Crippen LogP contribution in [0.2, 0.25) is 0 Å². The van der Waals surface area contributed by atoms with Gasteiger partial charge in [-0.3, -0.25) is 0 Å². The van der Waals surface area contributed by atoms with Crippen molar-refractivity contribution in [3.63, 3.8) is 0 Å². The number of hydrogen-bond acceptors (Lipinski definition) is 0. The lowest BCUT2D eigenvalue weighted by atomic mass is 9.82. The van der Waals surface area contributed by atoms with Crippen molar-refractivity contribution in [3.8, 4) is 66.8 Å². The van der Waals surface area contributed by atoms with Gasteiger partial charge in [0.1, 0.15) is 0 Å². The maximum absolute atomic E-state index is 2.44. The molecule has 0 nitrogen and oxygen atoms in total. The summed E-state index contributed by atoms with van der Waals surface area (Å²) in [5.41, 5.74) is 26.0. The summed E-state index contributed by atoms with van der Waals surface area (Å²) in [6.07, 6.45) is 0. The first-order valence-corrected chi connectivity index (χ1v) is 22.7. The lowest BCUT2D eigenvalue weighted by Gasteiger charge is -2.23. The molecule has 7 aromatic carbocycles. The predicted octanol–water partition coefficient (Wildman–Crippen LogP) is 18.1. The third-order valence-corrected chi connectivity index (χ3v) is 13.2. The molecular formula is C62H70. The minimum Gasteiger partial charge on any atom is -0.0579 e. The van der Waals surface area contributed by atoms with Crippen molar-refractivity contribution in [2.24, 2.45) is 0 Å². The quantitative estimate of drug-likeness (QED) is 0.157. The van der Waals surface area contributed by atoms with Gasteiger partial charge in [0.2, 0.25) is 0 Å². The molecule has 0 heteroatoms. The van der Waals surface area contributed by atoms with Gasteiger partial charge in [0.15, 0.2) is 0 Å². The monoisotopic (exact) mass is 815 g/mol. The molecule has 0 fully saturated rings. The Morgan fingerprint density at radius 2 is 0.403 bits per heavy atom. The summed E-state index contributed by atoms with van der Waals surface area (Å²) in [4.78, 5) is 0. The van der Waals surface area contributed by atoms with Crippen LogP contribution in [0.1, 0.15) is 128 Å². The SMILES string of the molecule is Cc1cc(-c2cc(-c3ccc(C(C)(C)C)cc3)c(C)c(-c3ccc(C(C)(C)C)cc3)c2)c(C)c(-c2cc(-c3ccc(C(C)(C)C)cc3)c(C)c(-c3ccc(C(C)(C)C)cc3)c2)c1. The van der Waals surface area contributed by atoms with E-state index in [2.05, 4.69) is 244 Å². The molecule has 7 aromatic rings. The highest BCUT2D eigenvalue weighted by Gasteiger charge is 2.22. The molecule has 0 spiro atoms. The minimum atomic E-state index is 0.0892. The summed E-state index contributed by atoms with van der Waals surface area (Å²) in [6, 6.07) is 51.7. The molecule has 0 aliphatic carbocycles. The molecule has 0 amide bonds. The number of aryl methyl sites for hydroxylation is 1. The lowest BCUT2D eigenvalue weighted by Crippen LogP contribution is -2.10. The van der Waals surface area contributed by atoms with E-state index in [1.165, 1.54) is 111 Å². The summed E-state index contributed by atoms with van der Waals surface area (Å²) in [6.45, 7) is 36.6. The van der Waals surface area contributed by atoms with Crippen molar-refractivity contribution in [2.45, 2.75) is 132 Å². The van der Waals surface area contributed by atoms with E-state index in [0.29, 0.717) is 0 Å². The fourth-order valence-electron chi connectivity index (χ4n) is 9.00. The van der Waals surface area contributed by atoms with Crippen molar-refractivity contribution in [2.75, 3.05) is 0 Å². The topological polar surface area (TPSA) is 0 Å². The molecule has 0 N–H and O–H groups in total. The fourth-order valence-corrected chi connectivity index (χ4v) is 9.00. The van der Waals surface area contributed by atoms with Crippen LogP contribution in [0.25, 0.3) is 66.8 Å². The zero-order valence-electron chi connectivity index (χ0n) is 40.7. The second kappa shape index (κ2) is 16.3. The third kappa shape index (κ3) is 9.17. The van der Waals surface area contributed by atoms with E-state index < -0.39 is 0 Å². The average Bonchev–Trinajstić information content (AvgIpc) is 3.21. The molecule has 0 saturated carbocycles. The van der Waals surface area contributed by atoms with Gasteiger partial charge in [0.05, 0.1) is 0 Å². The molecule has 0 aromatic heterocycles. The highest BCUT2D eigenvalue weighted by molar-refractivity contribution is 5.91. The molecule has 0 aliphatic rings. The Labute approximate surface area is 375 Å². The second-order valence-electron chi connectivity index (χ2n) is 22.2. The summed E-state index contributed by atoms with van der Waals surface area (Å²) >= 11 is 0. The second-order valence-corrected chi connectivity index (χ2v) is 22.2. The Bertz CT molecular complexity index is 2380. The zero-order chi connectivity index (χ0) is 45.1. The molecule has 0 atom stereocenters. The highest BCUT2D eigenvalue weighted by atomic mass is 14.3. The number of hydrogen-bond donors (Lipinski definition) is 0. The molecule has 62 heavy (non-hydrogen) atoms.